The third-order valence-corrected chi connectivity index (χ3v) is 3.58. The summed E-state index contributed by atoms with van der Waals surface area (Å²) in [4.78, 5) is 22.8. The largest absolute Gasteiger partial charge is 0.573 e. The summed E-state index contributed by atoms with van der Waals surface area (Å²) in [7, 11) is 0. The van der Waals surface area contributed by atoms with E-state index in [0.717, 1.165) is 12.8 Å². The number of alkyl halides is 3. The lowest BCUT2D eigenvalue weighted by molar-refractivity contribution is -0.274. The molecule has 9 heteroatoms. The highest BCUT2D eigenvalue weighted by Crippen LogP contribution is 2.23. The first-order valence-corrected chi connectivity index (χ1v) is 8.59. The zero-order chi connectivity index (χ0) is 20.6. The first-order chi connectivity index (χ1) is 13.2. The van der Waals surface area contributed by atoms with Gasteiger partial charge in [-0.2, -0.15) is 5.10 Å². The molecule has 0 unspecified atom stereocenters. The SMILES string of the molecule is CC(=O)CCCCn1ccc(NC(=O)C=Cc2cccc(OC(F)(F)F)c2)n1. The second kappa shape index (κ2) is 9.72. The number of ketones is 1. The first-order valence-electron chi connectivity index (χ1n) is 8.59. The van der Waals surface area contributed by atoms with Crippen molar-refractivity contribution in [3.63, 3.8) is 0 Å². The van der Waals surface area contributed by atoms with E-state index in [9.17, 15) is 22.8 Å². The number of Topliss-reactive ketones (excluding diaryl/α,β-unsaturated/α-hetero) is 1. The van der Waals surface area contributed by atoms with Crippen molar-refractivity contribution in [1.82, 2.24) is 9.78 Å². The van der Waals surface area contributed by atoms with E-state index in [1.165, 1.54) is 30.4 Å². The molecule has 0 atom stereocenters. The number of carbonyl (C=O) groups excluding carboxylic acids is 2. The molecule has 0 aliphatic rings. The second-order valence-corrected chi connectivity index (χ2v) is 6.07. The van der Waals surface area contributed by atoms with Crippen LogP contribution < -0.4 is 10.1 Å². The molecule has 150 valence electrons. The number of nitrogens with one attached hydrogen (secondary N) is 1. The molecule has 28 heavy (non-hydrogen) atoms. The summed E-state index contributed by atoms with van der Waals surface area (Å²) in [6.07, 6.45) is 1.61. The lowest BCUT2D eigenvalue weighted by atomic mass is 10.2. The van der Waals surface area contributed by atoms with Gasteiger partial charge in [0, 0.05) is 31.3 Å². The Bertz CT molecular complexity index is 844. The van der Waals surface area contributed by atoms with Crippen molar-refractivity contribution in [3.8, 4) is 5.75 Å². The normalized spacial score (nSPS) is 11.6. The van der Waals surface area contributed by atoms with Crippen molar-refractivity contribution in [3.05, 3.63) is 48.2 Å². The number of hydrogen-bond acceptors (Lipinski definition) is 4. The van der Waals surface area contributed by atoms with Crippen LogP contribution in [0.2, 0.25) is 0 Å². The van der Waals surface area contributed by atoms with Crippen LogP contribution in [-0.4, -0.2) is 27.8 Å². The number of amides is 1. The van der Waals surface area contributed by atoms with E-state index in [4.69, 9.17) is 0 Å². The molecule has 1 aromatic heterocycles. The Hall–Kier alpha value is -3.10. The summed E-state index contributed by atoms with van der Waals surface area (Å²) in [5.74, 6) is -0.325. The van der Waals surface area contributed by atoms with Crippen LogP contribution in [0.4, 0.5) is 19.0 Å². The number of anilines is 1. The lowest BCUT2D eigenvalue weighted by Gasteiger charge is -2.08. The first kappa shape index (κ1) is 21.2. The minimum atomic E-state index is -4.77. The van der Waals surface area contributed by atoms with Crippen LogP contribution in [0.15, 0.2) is 42.6 Å². The maximum Gasteiger partial charge on any atom is 0.573 e. The van der Waals surface area contributed by atoms with Gasteiger partial charge in [-0.3, -0.25) is 9.48 Å². The minimum Gasteiger partial charge on any atom is -0.406 e. The summed E-state index contributed by atoms with van der Waals surface area (Å²) in [6.45, 7) is 2.18. The molecule has 0 aliphatic carbocycles. The summed E-state index contributed by atoms with van der Waals surface area (Å²) >= 11 is 0. The van der Waals surface area contributed by atoms with Crippen LogP contribution in [0.3, 0.4) is 0 Å². The van der Waals surface area contributed by atoms with Crippen LogP contribution >= 0.6 is 0 Å². The number of unbranched alkanes of at least 4 members (excludes halogenated alkanes) is 1. The van der Waals surface area contributed by atoms with Crippen LogP contribution in [-0.2, 0) is 16.1 Å². The molecule has 0 bridgehead atoms. The Kier molecular flexibility index (Phi) is 7.36. The average molecular weight is 395 g/mol. The summed E-state index contributed by atoms with van der Waals surface area (Å²) in [5, 5.41) is 6.77. The number of aromatic nitrogens is 2. The van der Waals surface area contributed by atoms with Gasteiger partial charge in [-0.05, 0) is 43.5 Å². The summed E-state index contributed by atoms with van der Waals surface area (Å²) < 4.78 is 42.2. The van der Waals surface area contributed by atoms with Gasteiger partial charge in [0.05, 0.1) is 0 Å². The smallest absolute Gasteiger partial charge is 0.406 e. The maximum absolute atomic E-state index is 12.2. The van der Waals surface area contributed by atoms with Crippen LogP contribution in [0, 0.1) is 0 Å². The number of nitrogens with zero attached hydrogens (tertiary/aromatic N) is 2. The molecule has 0 saturated heterocycles. The molecule has 2 aromatic rings. The number of benzene rings is 1. The molecular weight excluding hydrogens is 375 g/mol. The van der Waals surface area contributed by atoms with E-state index >= 15 is 0 Å². The molecule has 0 fully saturated rings. The van der Waals surface area contributed by atoms with Gasteiger partial charge in [0.25, 0.3) is 0 Å². The molecule has 0 radical (unpaired) electrons. The van der Waals surface area contributed by atoms with E-state index in [-0.39, 0.29) is 11.5 Å². The second-order valence-electron chi connectivity index (χ2n) is 6.07. The van der Waals surface area contributed by atoms with Crippen LogP contribution in [0.5, 0.6) is 5.75 Å². The van der Waals surface area contributed by atoms with Gasteiger partial charge in [0.2, 0.25) is 5.91 Å². The molecule has 6 nitrogen and oxygen atoms in total. The van der Waals surface area contributed by atoms with Gasteiger partial charge in [0.1, 0.15) is 11.5 Å². The summed E-state index contributed by atoms with van der Waals surface area (Å²) in [5.41, 5.74) is 0.382. The van der Waals surface area contributed by atoms with Crippen LogP contribution in [0.1, 0.15) is 31.7 Å². The van der Waals surface area contributed by atoms with Crippen molar-refractivity contribution in [2.24, 2.45) is 0 Å². The molecular formula is C19H20F3N3O3. The standard InChI is InChI=1S/C19H20F3N3O3/c1-14(26)5-2-3-11-25-12-10-17(24-25)23-18(27)9-8-15-6-4-7-16(13-15)28-19(20,21)22/h4,6-10,12-13H,2-3,5,11H2,1H3,(H,23,24,27). The third-order valence-electron chi connectivity index (χ3n) is 3.58. The number of hydrogen-bond donors (Lipinski definition) is 1. The Morgan fingerprint density at radius 1 is 1.25 bits per heavy atom. The van der Waals surface area contributed by atoms with Gasteiger partial charge in [-0.25, -0.2) is 0 Å². The molecule has 0 spiro atoms. The number of aryl methyl sites for hydroxylation is 1. The Labute approximate surface area is 160 Å². The quantitative estimate of drug-likeness (QED) is 0.510. The fraction of sp³-hybridized carbons (Fsp3) is 0.316. The number of rotatable bonds is 9. The zero-order valence-electron chi connectivity index (χ0n) is 15.2. The number of ether oxygens (including phenoxy) is 1. The molecule has 1 aromatic carbocycles. The average Bonchev–Trinajstić information content (AvgIpc) is 3.03. The molecule has 1 amide bonds. The van der Waals surface area contributed by atoms with Gasteiger partial charge in [-0.15, -0.1) is 13.2 Å². The minimum absolute atomic E-state index is 0.149. The van der Waals surface area contributed by atoms with Crippen molar-refractivity contribution in [2.45, 2.75) is 39.1 Å². The zero-order valence-corrected chi connectivity index (χ0v) is 15.2. The fourth-order valence-electron chi connectivity index (χ4n) is 2.36. The Morgan fingerprint density at radius 2 is 2.04 bits per heavy atom. The van der Waals surface area contributed by atoms with Gasteiger partial charge in [-0.1, -0.05) is 12.1 Å². The predicted molar refractivity (Wildman–Crippen MR) is 97.5 cm³/mol. The van der Waals surface area contributed by atoms with Crippen molar-refractivity contribution in [1.29, 1.82) is 0 Å². The molecule has 1 N–H and O–H groups in total. The maximum atomic E-state index is 12.2. The highest BCUT2D eigenvalue weighted by atomic mass is 19.4. The highest BCUT2D eigenvalue weighted by Gasteiger charge is 2.31. The third kappa shape index (κ3) is 8.07. The number of carbonyl (C=O) groups is 2. The van der Waals surface area contributed by atoms with Crippen molar-refractivity contribution in [2.75, 3.05) is 5.32 Å². The van der Waals surface area contributed by atoms with E-state index in [1.807, 2.05) is 0 Å². The molecule has 0 saturated carbocycles. The van der Waals surface area contributed by atoms with Gasteiger partial charge in [0.15, 0.2) is 5.82 Å². The Balaban J connectivity index is 1.85. The lowest BCUT2D eigenvalue weighted by Crippen LogP contribution is -2.17. The van der Waals surface area contributed by atoms with E-state index in [0.29, 0.717) is 24.3 Å². The van der Waals surface area contributed by atoms with Gasteiger partial charge >= 0.3 is 6.36 Å². The summed E-state index contributed by atoms with van der Waals surface area (Å²) in [6, 6.07) is 6.92. The topological polar surface area (TPSA) is 73.2 Å². The number of halogens is 3. The molecule has 1 heterocycles. The predicted octanol–water partition coefficient (Wildman–Crippen LogP) is 4.19. The van der Waals surface area contributed by atoms with E-state index in [1.54, 1.807) is 29.9 Å². The van der Waals surface area contributed by atoms with E-state index in [2.05, 4.69) is 15.2 Å². The van der Waals surface area contributed by atoms with Crippen LogP contribution in [0.25, 0.3) is 6.08 Å². The fourth-order valence-corrected chi connectivity index (χ4v) is 2.36. The van der Waals surface area contributed by atoms with Crippen molar-refractivity contribution >= 4 is 23.6 Å². The molecule has 0 aliphatic heterocycles. The van der Waals surface area contributed by atoms with E-state index < -0.39 is 12.3 Å². The molecule has 2 rings (SSSR count). The monoisotopic (exact) mass is 395 g/mol. The highest BCUT2D eigenvalue weighted by molar-refractivity contribution is 6.01. The van der Waals surface area contributed by atoms with Gasteiger partial charge < -0.3 is 14.8 Å². The Morgan fingerprint density at radius 3 is 2.75 bits per heavy atom. The van der Waals surface area contributed by atoms with Crippen molar-refractivity contribution < 1.29 is 27.5 Å².